The molecule has 5 heteroatoms. The van der Waals surface area contributed by atoms with Gasteiger partial charge in [-0.15, -0.1) is 11.3 Å². The Hall–Kier alpha value is -1.36. The molecule has 2 aromatic rings. The molecule has 0 fully saturated rings. The number of anilines is 1. The Morgan fingerprint density at radius 1 is 1.28 bits per heavy atom. The third-order valence-corrected chi connectivity index (χ3v) is 4.59. The molecule has 1 aliphatic rings. The Morgan fingerprint density at radius 2 is 2.06 bits per heavy atom. The Morgan fingerprint density at radius 3 is 2.78 bits per heavy atom. The van der Waals surface area contributed by atoms with Crippen LogP contribution in [0.2, 0.25) is 0 Å². The summed E-state index contributed by atoms with van der Waals surface area (Å²) >= 11 is 1.71. The summed E-state index contributed by atoms with van der Waals surface area (Å²) in [6.07, 6.45) is 4.80. The van der Waals surface area contributed by atoms with Crippen molar-refractivity contribution < 1.29 is 0 Å². The molecule has 0 bridgehead atoms. The van der Waals surface area contributed by atoms with Gasteiger partial charge in [0, 0.05) is 10.8 Å². The quantitative estimate of drug-likeness (QED) is 0.873. The Bertz CT molecular complexity index is 568. The number of hydrogen-bond acceptors (Lipinski definition) is 4. The molecular formula is C13H18N4S. The van der Waals surface area contributed by atoms with Crippen LogP contribution in [0, 0.1) is 0 Å². The highest BCUT2D eigenvalue weighted by atomic mass is 32.1. The van der Waals surface area contributed by atoms with Crippen molar-refractivity contribution in [3.63, 3.8) is 0 Å². The van der Waals surface area contributed by atoms with E-state index in [1.165, 1.54) is 23.3 Å². The van der Waals surface area contributed by atoms with Gasteiger partial charge in [-0.3, -0.25) is 5.10 Å². The van der Waals surface area contributed by atoms with E-state index in [9.17, 15) is 0 Å². The van der Waals surface area contributed by atoms with E-state index < -0.39 is 0 Å². The van der Waals surface area contributed by atoms with Gasteiger partial charge in [-0.2, -0.15) is 5.10 Å². The molecule has 4 nitrogen and oxygen atoms in total. The van der Waals surface area contributed by atoms with E-state index >= 15 is 0 Å². The highest BCUT2D eigenvalue weighted by molar-refractivity contribution is 7.16. The number of rotatable bonds is 2. The van der Waals surface area contributed by atoms with Gasteiger partial charge in [0.1, 0.15) is 5.82 Å². The van der Waals surface area contributed by atoms with E-state index in [0.29, 0.717) is 5.92 Å². The summed E-state index contributed by atoms with van der Waals surface area (Å²) in [6, 6.07) is 0. The summed E-state index contributed by atoms with van der Waals surface area (Å²) in [4.78, 5) is 6.02. The number of thiophene rings is 1. The zero-order valence-electron chi connectivity index (χ0n) is 10.8. The van der Waals surface area contributed by atoms with Gasteiger partial charge in [0.2, 0.25) is 0 Å². The molecule has 0 atom stereocenters. The van der Waals surface area contributed by atoms with Gasteiger partial charge in [0.05, 0.1) is 10.6 Å². The average molecular weight is 262 g/mol. The van der Waals surface area contributed by atoms with Gasteiger partial charge in [-0.1, -0.05) is 13.8 Å². The number of nitrogen functional groups attached to an aromatic ring is 1. The number of nitrogens with one attached hydrogen (secondary N) is 1. The van der Waals surface area contributed by atoms with Crippen molar-refractivity contribution in [2.24, 2.45) is 0 Å². The molecule has 0 amide bonds. The predicted molar refractivity (Wildman–Crippen MR) is 74.8 cm³/mol. The number of aromatic amines is 1. The molecule has 1 aliphatic carbocycles. The van der Waals surface area contributed by atoms with Crippen molar-refractivity contribution in [3.05, 3.63) is 16.3 Å². The van der Waals surface area contributed by atoms with Crippen molar-refractivity contribution in [3.8, 4) is 11.4 Å². The van der Waals surface area contributed by atoms with E-state index in [2.05, 4.69) is 29.0 Å². The molecule has 96 valence electrons. The maximum Gasteiger partial charge on any atom is 0.184 e. The van der Waals surface area contributed by atoms with Crippen LogP contribution in [0.3, 0.4) is 0 Å². The van der Waals surface area contributed by atoms with Crippen LogP contribution in [0.25, 0.3) is 11.4 Å². The summed E-state index contributed by atoms with van der Waals surface area (Å²) in [7, 11) is 0. The van der Waals surface area contributed by atoms with Gasteiger partial charge in [-0.05, 0) is 31.2 Å². The third-order valence-electron chi connectivity index (χ3n) is 3.47. The molecule has 2 heterocycles. The first-order valence-electron chi connectivity index (χ1n) is 6.49. The second-order valence-corrected chi connectivity index (χ2v) is 6.29. The molecule has 0 unspecified atom stereocenters. The van der Waals surface area contributed by atoms with E-state index in [1.54, 1.807) is 11.3 Å². The van der Waals surface area contributed by atoms with Crippen LogP contribution >= 0.6 is 11.3 Å². The van der Waals surface area contributed by atoms with E-state index in [1.807, 2.05) is 0 Å². The van der Waals surface area contributed by atoms with Crippen molar-refractivity contribution in [1.29, 1.82) is 0 Å². The second kappa shape index (κ2) is 4.39. The van der Waals surface area contributed by atoms with Crippen LogP contribution in [0.5, 0.6) is 0 Å². The minimum Gasteiger partial charge on any atom is -0.390 e. The van der Waals surface area contributed by atoms with Gasteiger partial charge >= 0.3 is 0 Å². The zero-order valence-corrected chi connectivity index (χ0v) is 11.6. The fourth-order valence-electron chi connectivity index (χ4n) is 2.48. The van der Waals surface area contributed by atoms with Gasteiger partial charge in [0.25, 0.3) is 0 Å². The molecule has 0 saturated carbocycles. The summed E-state index contributed by atoms with van der Waals surface area (Å²) in [5, 5.41) is 8.23. The first-order valence-corrected chi connectivity index (χ1v) is 7.31. The monoisotopic (exact) mass is 262 g/mol. The lowest BCUT2D eigenvalue weighted by molar-refractivity contribution is 0.697. The van der Waals surface area contributed by atoms with Crippen LogP contribution < -0.4 is 5.73 Å². The SMILES string of the molecule is CC(C)c1nc(-c2c(N)sc3c2CCCC3)n[nH]1. The molecule has 0 spiro atoms. The number of nitrogens with zero attached hydrogens (tertiary/aromatic N) is 2. The third kappa shape index (κ3) is 1.82. The van der Waals surface area contributed by atoms with Crippen molar-refractivity contribution in [2.45, 2.75) is 45.4 Å². The molecule has 0 aromatic carbocycles. The lowest BCUT2D eigenvalue weighted by Crippen LogP contribution is -2.00. The van der Waals surface area contributed by atoms with Crippen LogP contribution in [0.15, 0.2) is 0 Å². The number of fused-ring (bicyclic) bond motifs is 1. The lowest BCUT2D eigenvalue weighted by atomic mass is 9.95. The minimum absolute atomic E-state index is 0.363. The Balaban J connectivity index is 2.07. The van der Waals surface area contributed by atoms with Crippen LogP contribution in [-0.4, -0.2) is 15.2 Å². The van der Waals surface area contributed by atoms with Crippen molar-refractivity contribution in [2.75, 3.05) is 5.73 Å². The smallest absolute Gasteiger partial charge is 0.184 e. The fraction of sp³-hybridized carbons (Fsp3) is 0.538. The Kier molecular flexibility index (Phi) is 2.86. The lowest BCUT2D eigenvalue weighted by Gasteiger charge is -2.11. The highest BCUT2D eigenvalue weighted by Crippen LogP contribution is 2.41. The number of nitrogens with two attached hydrogens (primary N) is 1. The summed E-state index contributed by atoms with van der Waals surface area (Å²) in [5.74, 6) is 2.07. The predicted octanol–water partition coefficient (Wildman–Crippen LogP) is 3.12. The van der Waals surface area contributed by atoms with Crippen molar-refractivity contribution >= 4 is 16.3 Å². The van der Waals surface area contributed by atoms with E-state index in [0.717, 1.165) is 35.1 Å². The van der Waals surface area contributed by atoms with Gasteiger partial charge in [-0.25, -0.2) is 4.98 Å². The molecule has 2 aromatic heterocycles. The minimum atomic E-state index is 0.363. The van der Waals surface area contributed by atoms with Gasteiger partial charge in [0.15, 0.2) is 5.82 Å². The molecule has 0 saturated heterocycles. The molecule has 3 N–H and O–H groups in total. The van der Waals surface area contributed by atoms with Crippen molar-refractivity contribution in [1.82, 2.24) is 15.2 Å². The molecule has 3 rings (SSSR count). The first kappa shape index (κ1) is 11.7. The normalized spacial score (nSPS) is 15.1. The topological polar surface area (TPSA) is 67.6 Å². The zero-order chi connectivity index (χ0) is 12.7. The number of hydrogen-bond donors (Lipinski definition) is 2. The number of aromatic nitrogens is 3. The highest BCUT2D eigenvalue weighted by Gasteiger charge is 2.23. The second-order valence-electron chi connectivity index (χ2n) is 5.15. The average Bonchev–Trinajstić information content (AvgIpc) is 2.91. The molecular weight excluding hydrogens is 244 g/mol. The molecule has 0 aliphatic heterocycles. The van der Waals surface area contributed by atoms with Crippen LogP contribution in [-0.2, 0) is 12.8 Å². The first-order chi connectivity index (χ1) is 8.66. The standard InChI is InChI=1S/C13H18N4S/c1-7(2)12-15-13(17-16-12)10-8-5-3-4-6-9(8)18-11(10)14/h7H,3-6,14H2,1-2H3,(H,15,16,17). The summed E-state index contributed by atoms with van der Waals surface area (Å²) in [5.41, 5.74) is 8.63. The van der Waals surface area contributed by atoms with E-state index in [-0.39, 0.29) is 0 Å². The largest absolute Gasteiger partial charge is 0.390 e. The fourth-order valence-corrected chi connectivity index (χ4v) is 3.63. The summed E-state index contributed by atoms with van der Waals surface area (Å²) in [6.45, 7) is 4.22. The van der Waals surface area contributed by atoms with Crippen LogP contribution in [0.1, 0.15) is 48.9 Å². The Labute approximate surface area is 111 Å². The summed E-state index contributed by atoms with van der Waals surface area (Å²) < 4.78 is 0. The van der Waals surface area contributed by atoms with E-state index in [4.69, 9.17) is 5.73 Å². The number of aryl methyl sites for hydroxylation is 1. The maximum atomic E-state index is 6.16. The maximum absolute atomic E-state index is 6.16. The van der Waals surface area contributed by atoms with Crippen LogP contribution in [0.4, 0.5) is 5.00 Å². The number of H-pyrrole nitrogens is 1. The van der Waals surface area contributed by atoms with Gasteiger partial charge < -0.3 is 5.73 Å². The molecule has 18 heavy (non-hydrogen) atoms. The molecule has 0 radical (unpaired) electrons.